The molecule has 4 rings (SSSR count). The third kappa shape index (κ3) is 1.90. The van der Waals surface area contributed by atoms with Gasteiger partial charge in [0.25, 0.3) is 0 Å². The summed E-state index contributed by atoms with van der Waals surface area (Å²) in [6.45, 7) is 2.69. The van der Waals surface area contributed by atoms with Crippen molar-refractivity contribution < 1.29 is 4.74 Å². The lowest BCUT2D eigenvalue weighted by Gasteiger charge is -2.32. The van der Waals surface area contributed by atoms with Crippen LogP contribution in [0.25, 0.3) is 0 Å². The number of nitrogens with zero attached hydrogens (tertiary/aromatic N) is 1. The Bertz CT molecular complexity index is 490. The molecule has 3 aliphatic carbocycles. The van der Waals surface area contributed by atoms with Gasteiger partial charge in [-0.2, -0.15) is 0 Å². The van der Waals surface area contributed by atoms with E-state index in [0.717, 1.165) is 35.2 Å². The maximum Gasteiger partial charge on any atom is 0.237 e. The molecule has 0 saturated heterocycles. The molecule has 0 spiro atoms. The first-order valence-electron chi connectivity index (χ1n) is 8.21. The normalized spacial score (nSPS) is 38.0. The fraction of sp³-hybridized carbons (Fsp3) is 0.706. The summed E-state index contributed by atoms with van der Waals surface area (Å²) in [5.74, 6) is 4.69. The Morgan fingerprint density at radius 3 is 3.05 bits per heavy atom. The number of hydrogen-bond acceptors (Lipinski definition) is 3. The summed E-state index contributed by atoms with van der Waals surface area (Å²) < 4.78 is 5.64. The molecule has 5 atom stereocenters. The predicted octanol–water partition coefficient (Wildman–Crippen LogP) is 3.72. The van der Waals surface area contributed by atoms with Crippen LogP contribution in [0.15, 0.2) is 18.3 Å². The lowest BCUT2D eigenvalue weighted by molar-refractivity contribution is 0.242. The zero-order chi connectivity index (χ0) is 13.5. The molecular weight excluding hydrogens is 248 g/mol. The molecule has 3 heteroatoms. The van der Waals surface area contributed by atoms with Crippen LogP contribution in [0.5, 0.6) is 5.88 Å². The van der Waals surface area contributed by atoms with Crippen molar-refractivity contribution in [3.05, 3.63) is 18.3 Å². The van der Waals surface area contributed by atoms with Crippen LogP contribution in [0.3, 0.4) is 0 Å². The van der Waals surface area contributed by atoms with E-state index in [-0.39, 0.29) is 0 Å². The Balaban J connectivity index is 1.51. The minimum absolute atomic E-state index is 0.641. The molecule has 3 saturated carbocycles. The summed E-state index contributed by atoms with van der Waals surface area (Å²) in [5, 5.41) is 3.75. The number of pyridine rings is 1. The van der Waals surface area contributed by atoms with Crippen molar-refractivity contribution in [1.82, 2.24) is 4.98 Å². The van der Waals surface area contributed by atoms with Gasteiger partial charge >= 0.3 is 0 Å². The standard InChI is InChI=1S/C17H24N2O/c1-2-20-17-15(7-4-8-18-17)19-16-10-11-9-14(16)13-6-3-5-12(11)13/h4,7-8,11-14,16,19H,2-3,5-6,9-10H2,1H3. The lowest BCUT2D eigenvalue weighted by Crippen LogP contribution is -2.34. The zero-order valence-electron chi connectivity index (χ0n) is 12.2. The monoisotopic (exact) mass is 272 g/mol. The summed E-state index contributed by atoms with van der Waals surface area (Å²) in [7, 11) is 0. The van der Waals surface area contributed by atoms with Crippen LogP contribution in [0.1, 0.15) is 39.0 Å². The number of nitrogens with one attached hydrogen (secondary N) is 1. The van der Waals surface area contributed by atoms with E-state index in [1.54, 1.807) is 0 Å². The molecule has 1 aromatic rings. The van der Waals surface area contributed by atoms with Gasteiger partial charge < -0.3 is 10.1 Å². The third-order valence-electron chi connectivity index (χ3n) is 5.82. The van der Waals surface area contributed by atoms with Gasteiger partial charge in [0, 0.05) is 12.2 Å². The Morgan fingerprint density at radius 1 is 1.25 bits per heavy atom. The van der Waals surface area contributed by atoms with E-state index in [2.05, 4.69) is 16.4 Å². The van der Waals surface area contributed by atoms with Crippen LogP contribution in [-0.2, 0) is 0 Å². The van der Waals surface area contributed by atoms with Crippen LogP contribution in [0.4, 0.5) is 5.69 Å². The number of ether oxygens (including phenoxy) is 1. The predicted molar refractivity (Wildman–Crippen MR) is 79.9 cm³/mol. The highest BCUT2D eigenvalue weighted by atomic mass is 16.5. The second-order valence-corrected chi connectivity index (χ2v) is 6.69. The van der Waals surface area contributed by atoms with Gasteiger partial charge in [-0.1, -0.05) is 6.42 Å². The van der Waals surface area contributed by atoms with Gasteiger partial charge in [0.15, 0.2) is 0 Å². The summed E-state index contributed by atoms with van der Waals surface area (Å²) in [6.07, 6.45) is 9.05. The fourth-order valence-corrected chi connectivity index (χ4v) is 5.19. The van der Waals surface area contributed by atoms with E-state index in [4.69, 9.17) is 4.74 Å². The molecule has 1 aromatic heterocycles. The van der Waals surface area contributed by atoms with Crippen molar-refractivity contribution in [3.8, 4) is 5.88 Å². The van der Waals surface area contributed by atoms with Gasteiger partial charge in [-0.15, -0.1) is 0 Å². The van der Waals surface area contributed by atoms with Gasteiger partial charge in [0.05, 0.1) is 12.3 Å². The first-order chi connectivity index (χ1) is 9.86. The molecule has 3 aliphatic rings. The van der Waals surface area contributed by atoms with Crippen molar-refractivity contribution in [2.24, 2.45) is 23.7 Å². The van der Waals surface area contributed by atoms with E-state index in [9.17, 15) is 0 Å². The smallest absolute Gasteiger partial charge is 0.237 e. The maximum atomic E-state index is 5.64. The Labute approximate surface area is 121 Å². The van der Waals surface area contributed by atoms with Crippen molar-refractivity contribution in [2.45, 2.75) is 45.1 Å². The molecule has 2 bridgehead atoms. The first-order valence-corrected chi connectivity index (χ1v) is 8.21. The second-order valence-electron chi connectivity index (χ2n) is 6.69. The highest BCUT2D eigenvalue weighted by molar-refractivity contribution is 5.53. The fourth-order valence-electron chi connectivity index (χ4n) is 5.19. The quantitative estimate of drug-likeness (QED) is 0.907. The number of aromatic nitrogens is 1. The van der Waals surface area contributed by atoms with Crippen LogP contribution in [0.2, 0.25) is 0 Å². The molecule has 0 aliphatic heterocycles. The molecule has 108 valence electrons. The average molecular weight is 272 g/mol. The lowest BCUT2D eigenvalue weighted by atomic mass is 9.79. The third-order valence-corrected chi connectivity index (χ3v) is 5.82. The van der Waals surface area contributed by atoms with Crippen molar-refractivity contribution >= 4 is 5.69 Å². The SMILES string of the molecule is CCOc1ncccc1NC1CC2CC1C1CCCC21. The molecule has 0 amide bonds. The molecule has 1 heterocycles. The minimum atomic E-state index is 0.641. The van der Waals surface area contributed by atoms with E-state index >= 15 is 0 Å². The van der Waals surface area contributed by atoms with Crippen molar-refractivity contribution in [2.75, 3.05) is 11.9 Å². The summed E-state index contributed by atoms with van der Waals surface area (Å²) >= 11 is 0. The van der Waals surface area contributed by atoms with Crippen LogP contribution in [-0.4, -0.2) is 17.6 Å². The molecule has 3 nitrogen and oxygen atoms in total. The number of anilines is 1. The van der Waals surface area contributed by atoms with Gasteiger partial charge in [-0.3, -0.25) is 0 Å². The number of rotatable bonds is 4. The van der Waals surface area contributed by atoms with Crippen LogP contribution in [0, 0.1) is 23.7 Å². The average Bonchev–Trinajstić information content (AvgIpc) is 3.13. The molecular formula is C17H24N2O. The summed E-state index contributed by atoms with van der Waals surface area (Å²) in [5.41, 5.74) is 1.08. The maximum absolute atomic E-state index is 5.64. The van der Waals surface area contributed by atoms with Gasteiger partial charge in [-0.25, -0.2) is 4.98 Å². The van der Waals surface area contributed by atoms with E-state index in [1.165, 1.54) is 32.1 Å². The highest BCUT2D eigenvalue weighted by Crippen LogP contribution is 2.59. The largest absolute Gasteiger partial charge is 0.476 e. The highest BCUT2D eigenvalue weighted by Gasteiger charge is 2.53. The van der Waals surface area contributed by atoms with Crippen molar-refractivity contribution in [3.63, 3.8) is 0 Å². The van der Waals surface area contributed by atoms with Gasteiger partial charge in [0.1, 0.15) is 0 Å². The molecule has 1 N–H and O–H groups in total. The summed E-state index contributed by atoms with van der Waals surface area (Å²) in [6, 6.07) is 4.75. The zero-order valence-corrected chi connectivity index (χ0v) is 12.2. The first kappa shape index (κ1) is 12.5. The summed E-state index contributed by atoms with van der Waals surface area (Å²) in [4.78, 5) is 4.35. The molecule has 0 aromatic carbocycles. The second kappa shape index (κ2) is 4.94. The van der Waals surface area contributed by atoms with Crippen LogP contribution < -0.4 is 10.1 Å². The Morgan fingerprint density at radius 2 is 2.15 bits per heavy atom. The topological polar surface area (TPSA) is 34.1 Å². The van der Waals surface area contributed by atoms with Gasteiger partial charge in [-0.05, 0) is 68.4 Å². The molecule has 3 fully saturated rings. The van der Waals surface area contributed by atoms with Crippen LogP contribution >= 0.6 is 0 Å². The van der Waals surface area contributed by atoms with E-state index in [0.29, 0.717) is 12.6 Å². The number of hydrogen-bond donors (Lipinski definition) is 1. The minimum Gasteiger partial charge on any atom is -0.476 e. The molecule has 20 heavy (non-hydrogen) atoms. The molecule has 0 radical (unpaired) electrons. The van der Waals surface area contributed by atoms with E-state index in [1.807, 2.05) is 19.2 Å². The van der Waals surface area contributed by atoms with Gasteiger partial charge in [0.2, 0.25) is 5.88 Å². The number of fused-ring (bicyclic) bond motifs is 5. The Hall–Kier alpha value is -1.25. The molecule has 5 unspecified atom stereocenters. The van der Waals surface area contributed by atoms with Crippen molar-refractivity contribution in [1.29, 1.82) is 0 Å². The van der Waals surface area contributed by atoms with E-state index < -0.39 is 0 Å². The Kier molecular flexibility index (Phi) is 3.08.